The van der Waals surface area contributed by atoms with Crippen molar-refractivity contribution in [2.75, 3.05) is 50.5 Å². The van der Waals surface area contributed by atoms with Crippen LogP contribution in [0.4, 0.5) is 16.2 Å². The molecular formula is C40H56N4O5. The second-order valence-corrected chi connectivity index (χ2v) is 14.3. The number of benzene rings is 3. The van der Waals surface area contributed by atoms with Crippen LogP contribution in [0.1, 0.15) is 82.5 Å². The number of carbonyl (C=O) groups is 2. The minimum atomic E-state index is -0.431. The Bertz CT molecular complexity index is 1520. The zero-order valence-electron chi connectivity index (χ0n) is 29.8. The van der Waals surface area contributed by atoms with E-state index in [4.69, 9.17) is 9.47 Å². The van der Waals surface area contributed by atoms with E-state index in [-0.39, 0.29) is 30.6 Å². The number of amides is 3. The fraction of sp³-hybridized carbons (Fsp3) is 0.550. The summed E-state index contributed by atoms with van der Waals surface area (Å²) in [5, 5.41) is 18.1. The van der Waals surface area contributed by atoms with Gasteiger partial charge in [-0.15, -0.1) is 0 Å². The molecule has 9 nitrogen and oxygen atoms in total. The number of aliphatic hydroxyl groups excluding tert-OH is 1. The third kappa shape index (κ3) is 10.2. The molecule has 266 valence electrons. The number of hydrogen-bond acceptors (Lipinski definition) is 6. The number of urea groups is 1. The molecule has 0 radical (unpaired) electrons. The number of rotatable bonds is 8. The average molecular weight is 673 g/mol. The third-order valence-corrected chi connectivity index (χ3v) is 10.1. The van der Waals surface area contributed by atoms with E-state index < -0.39 is 12.1 Å². The van der Waals surface area contributed by atoms with Crippen LogP contribution in [0.15, 0.2) is 60.7 Å². The molecule has 3 N–H and O–H groups in total. The molecule has 0 saturated heterocycles. The molecular weight excluding hydrogens is 616 g/mol. The molecule has 3 aromatic rings. The van der Waals surface area contributed by atoms with E-state index in [0.29, 0.717) is 35.8 Å². The predicted molar refractivity (Wildman–Crippen MR) is 198 cm³/mol. The highest BCUT2D eigenvalue weighted by Gasteiger charge is 2.31. The van der Waals surface area contributed by atoms with Crippen LogP contribution in [0.3, 0.4) is 0 Å². The predicted octanol–water partition coefficient (Wildman–Crippen LogP) is 7.79. The molecule has 49 heavy (non-hydrogen) atoms. The van der Waals surface area contributed by atoms with Crippen molar-refractivity contribution in [2.45, 2.75) is 90.4 Å². The molecule has 0 aromatic heterocycles. The molecule has 0 spiro atoms. The minimum absolute atomic E-state index is 0.0192. The molecule has 1 aliphatic heterocycles. The van der Waals surface area contributed by atoms with Crippen LogP contribution in [-0.2, 0) is 4.74 Å². The van der Waals surface area contributed by atoms with Crippen LogP contribution in [-0.4, -0.2) is 85.0 Å². The van der Waals surface area contributed by atoms with E-state index in [1.807, 2.05) is 56.3 Å². The maximum atomic E-state index is 14.5. The van der Waals surface area contributed by atoms with Crippen molar-refractivity contribution < 1.29 is 24.2 Å². The molecule has 3 aromatic carbocycles. The lowest BCUT2D eigenvalue weighted by molar-refractivity contribution is -0.0190. The SMILES string of the molecule is C[C@H](CO)N1C[C@H](C)[C@@H](CN(C)CC2CCCCC2)OCCCC[C@H](C)Oc2ccc(NC(=O)Nc3cccc4ccccc34)cc2C1=O. The minimum Gasteiger partial charge on any atom is -0.490 e. The summed E-state index contributed by atoms with van der Waals surface area (Å²) in [5.74, 6) is 0.971. The normalized spacial score (nSPS) is 22.2. The van der Waals surface area contributed by atoms with E-state index >= 15 is 0 Å². The Kier molecular flexibility index (Phi) is 13.3. The van der Waals surface area contributed by atoms with Crippen molar-refractivity contribution in [3.63, 3.8) is 0 Å². The monoisotopic (exact) mass is 672 g/mol. The molecule has 1 saturated carbocycles. The zero-order valence-corrected chi connectivity index (χ0v) is 29.8. The maximum absolute atomic E-state index is 14.5. The maximum Gasteiger partial charge on any atom is 0.323 e. The number of hydrogen-bond donors (Lipinski definition) is 3. The Morgan fingerprint density at radius 3 is 2.51 bits per heavy atom. The lowest BCUT2D eigenvalue weighted by atomic mass is 9.89. The van der Waals surface area contributed by atoms with Gasteiger partial charge in [-0.1, -0.05) is 62.6 Å². The summed E-state index contributed by atoms with van der Waals surface area (Å²) < 4.78 is 12.9. The van der Waals surface area contributed by atoms with Crippen molar-refractivity contribution in [3.8, 4) is 5.75 Å². The van der Waals surface area contributed by atoms with Gasteiger partial charge in [-0.25, -0.2) is 4.79 Å². The zero-order chi connectivity index (χ0) is 34.8. The Morgan fingerprint density at radius 1 is 0.959 bits per heavy atom. The van der Waals surface area contributed by atoms with Crippen LogP contribution < -0.4 is 15.4 Å². The molecule has 0 bridgehead atoms. The van der Waals surface area contributed by atoms with Crippen LogP contribution in [0.2, 0.25) is 0 Å². The first kappa shape index (κ1) is 36.6. The van der Waals surface area contributed by atoms with Gasteiger partial charge in [0, 0.05) is 43.2 Å². The van der Waals surface area contributed by atoms with Gasteiger partial charge in [-0.3, -0.25) is 4.79 Å². The van der Waals surface area contributed by atoms with Crippen LogP contribution in [0.25, 0.3) is 10.8 Å². The van der Waals surface area contributed by atoms with Gasteiger partial charge in [-0.2, -0.15) is 0 Å². The van der Waals surface area contributed by atoms with Gasteiger partial charge in [0.15, 0.2) is 0 Å². The quantitative estimate of drug-likeness (QED) is 0.226. The van der Waals surface area contributed by atoms with Gasteiger partial charge in [-0.05, 0) is 88.6 Å². The fourth-order valence-corrected chi connectivity index (χ4v) is 7.27. The van der Waals surface area contributed by atoms with Crippen molar-refractivity contribution in [1.82, 2.24) is 9.80 Å². The first-order valence-corrected chi connectivity index (χ1v) is 18.3. The average Bonchev–Trinajstić information content (AvgIpc) is 3.10. The summed E-state index contributed by atoms with van der Waals surface area (Å²) in [7, 11) is 2.19. The molecule has 1 aliphatic carbocycles. The van der Waals surface area contributed by atoms with Crippen LogP contribution in [0, 0.1) is 11.8 Å². The number of anilines is 2. The highest BCUT2D eigenvalue weighted by atomic mass is 16.5. The van der Waals surface area contributed by atoms with Crippen molar-refractivity contribution in [3.05, 3.63) is 66.2 Å². The topological polar surface area (TPSA) is 103 Å². The Labute approximate surface area is 292 Å². The van der Waals surface area contributed by atoms with E-state index in [0.717, 1.165) is 49.0 Å². The summed E-state index contributed by atoms with van der Waals surface area (Å²) in [6.07, 6.45) is 9.10. The lowest BCUT2D eigenvalue weighted by Crippen LogP contribution is -2.47. The summed E-state index contributed by atoms with van der Waals surface area (Å²) in [6.45, 7) is 8.78. The second kappa shape index (κ2) is 17.8. The number of fused-ring (bicyclic) bond motifs is 2. The highest BCUT2D eigenvalue weighted by Crippen LogP contribution is 2.30. The molecule has 2 aliphatic rings. The van der Waals surface area contributed by atoms with Crippen molar-refractivity contribution >= 4 is 34.1 Å². The molecule has 0 unspecified atom stereocenters. The van der Waals surface area contributed by atoms with Gasteiger partial charge in [0.05, 0.1) is 36.1 Å². The molecule has 3 amide bonds. The second-order valence-electron chi connectivity index (χ2n) is 14.3. The van der Waals surface area contributed by atoms with Gasteiger partial charge < -0.3 is 35.0 Å². The summed E-state index contributed by atoms with van der Waals surface area (Å²) in [5.41, 5.74) is 1.52. The number of aliphatic hydroxyl groups is 1. The highest BCUT2D eigenvalue weighted by molar-refractivity contribution is 6.07. The van der Waals surface area contributed by atoms with Gasteiger partial charge >= 0.3 is 6.03 Å². The third-order valence-electron chi connectivity index (χ3n) is 10.1. The standard InChI is InChI=1S/C40H56N4O5/c1-28-24-44(29(2)27-45)39(46)35-23-33(41-40(47)42-36-19-12-17-32-16-8-9-18-34(32)36)20-21-37(35)49-30(3)13-10-11-22-48-38(28)26-43(4)25-31-14-6-5-7-15-31/h8-9,12,16-21,23,28-31,38,45H,5-7,10-11,13-15,22,24-27H2,1-4H3,(H2,41,42,47)/t28-,29+,30-,38+/m0/s1. The van der Waals surface area contributed by atoms with E-state index in [1.165, 1.54) is 32.1 Å². The number of ether oxygens (including phenoxy) is 2. The summed E-state index contributed by atoms with van der Waals surface area (Å²) >= 11 is 0. The van der Waals surface area contributed by atoms with E-state index in [2.05, 4.69) is 29.5 Å². The molecule has 1 heterocycles. The first-order valence-electron chi connectivity index (χ1n) is 18.3. The van der Waals surface area contributed by atoms with Gasteiger partial charge in [0.25, 0.3) is 5.91 Å². The van der Waals surface area contributed by atoms with Crippen molar-refractivity contribution in [2.24, 2.45) is 11.8 Å². The molecule has 9 heteroatoms. The Morgan fingerprint density at radius 2 is 1.71 bits per heavy atom. The van der Waals surface area contributed by atoms with Gasteiger partial charge in [0.2, 0.25) is 0 Å². The number of likely N-dealkylation sites (N-methyl/N-ethyl adjacent to an activating group) is 1. The van der Waals surface area contributed by atoms with Crippen LogP contribution >= 0.6 is 0 Å². The number of nitrogens with one attached hydrogen (secondary N) is 2. The Balaban J connectivity index is 1.37. The summed E-state index contributed by atoms with van der Waals surface area (Å²) in [6, 6.07) is 18.0. The number of carbonyl (C=O) groups excluding carboxylic acids is 2. The number of nitrogens with zero attached hydrogens (tertiary/aromatic N) is 2. The summed E-state index contributed by atoms with van der Waals surface area (Å²) in [4.78, 5) is 31.8. The molecule has 4 atom stereocenters. The largest absolute Gasteiger partial charge is 0.490 e. The lowest BCUT2D eigenvalue weighted by Gasteiger charge is -2.36. The van der Waals surface area contributed by atoms with E-state index in [9.17, 15) is 14.7 Å². The fourth-order valence-electron chi connectivity index (χ4n) is 7.27. The van der Waals surface area contributed by atoms with Crippen molar-refractivity contribution in [1.29, 1.82) is 0 Å². The van der Waals surface area contributed by atoms with Gasteiger partial charge in [0.1, 0.15) is 5.75 Å². The Hall–Kier alpha value is -3.66. The van der Waals surface area contributed by atoms with E-state index in [1.54, 1.807) is 23.1 Å². The molecule has 5 rings (SSSR count). The smallest absolute Gasteiger partial charge is 0.323 e. The van der Waals surface area contributed by atoms with Crippen LogP contribution in [0.5, 0.6) is 5.75 Å². The molecule has 1 fully saturated rings. The first-order chi connectivity index (χ1) is 23.7.